The van der Waals surface area contributed by atoms with Crippen molar-refractivity contribution < 1.29 is 5.11 Å². The van der Waals surface area contributed by atoms with E-state index in [1.54, 1.807) is 23.2 Å². The van der Waals surface area contributed by atoms with Gasteiger partial charge in [0, 0.05) is 25.1 Å². The predicted octanol–water partition coefficient (Wildman–Crippen LogP) is 6.36. The van der Waals surface area contributed by atoms with Gasteiger partial charge in [0.15, 0.2) is 0 Å². The van der Waals surface area contributed by atoms with Crippen LogP contribution >= 0.6 is 0 Å². The molecule has 1 N–H and O–H groups in total. The Morgan fingerprint density at radius 2 is 1.31 bits per heavy atom. The number of aromatic hydroxyl groups is 1. The number of phenols is 1. The Bertz CT molecular complexity index is 1700. The van der Waals surface area contributed by atoms with Gasteiger partial charge in [-0.1, -0.05) is 84.9 Å². The number of hydrogen-bond acceptors (Lipinski definition) is 4. The fraction of sp³-hybridized carbons (Fsp3) is 0.406. The minimum atomic E-state index is -0.465. The van der Waals surface area contributed by atoms with Crippen LogP contribution in [0, 0.1) is 5.41 Å². The number of imidazole rings is 1. The Hall–Kier alpha value is -3.87. The zero-order valence-electron chi connectivity index (χ0n) is 24.5. The molecule has 0 spiro atoms. The van der Waals surface area contributed by atoms with E-state index in [0.29, 0.717) is 16.7 Å². The summed E-state index contributed by atoms with van der Waals surface area (Å²) < 4.78 is 3.22. The standard InChI is InChI=1S/C32H39N5O2/c1-30(2,3)19-31(4,5)21-15-22(32(6,7)20-13-11-10-12-14-20)28(38)27(16-21)37-33-23-17-25-26(18-24(23)34-37)36(9)29(39)35(25)8/h10-18,38H,19H2,1-9H3. The molecule has 0 aliphatic rings. The number of aryl methyl sites for hydroxylation is 2. The maximum absolute atomic E-state index is 12.4. The van der Waals surface area contributed by atoms with Crippen molar-refractivity contribution >= 4 is 22.1 Å². The van der Waals surface area contributed by atoms with E-state index < -0.39 is 5.41 Å². The molecule has 0 amide bonds. The third-order valence-corrected chi connectivity index (χ3v) is 8.00. The number of rotatable bonds is 5. The van der Waals surface area contributed by atoms with Crippen LogP contribution in [-0.2, 0) is 24.9 Å². The molecule has 0 saturated carbocycles. The zero-order valence-corrected chi connectivity index (χ0v) is 24.5. The molecule has 5 aromatic rings. The van der Waals surface area contributed by atoms with Gasteiger partial charge in [0.05, 0.1) is 11.0 Å². The highest BCUT2D eigenvalue weighted by Crippen LogP contribution is 2.44. The van der Waals surface area contributed by atoms with Gasteiger partial charge in [-0.15, -0.1) is 15.0 Å². The van der Waals surface area contributed by atoms with Gasteiger partial charge in [-0.2, -0.15) is 0 Å². The molecule has 0 radical (unpaired) electrons. The smallest absolute Gasteiger partial charge is 0.328 e. The Kier molecular flexibility index (Phi) is 6.05. The molecule has 7 nitrogen and oxygen atoms in total. The number of fused-ring (bicyclic) bond motifs is 2. The zero-order chi connectivity index (χ0) is 28.5. The van der Waals surface area contributed by atoms with E-state index in [1.165, 1.54) is 4.80 Å². The minimum absolute atomic E-state index is 0.0928. The lowest BCUT2D eigenvalue weighted by molar-refractivity contribution is 0.283. The average Bonchev–Trinajstić information content (AvgIpc) is 3.36. The summed E-state index contributed by atoms with van der Waals surface area (Å²) in [7, 11) is 3.51. The molecule has 0 atom stereocenters. The van der Waals surface area contributed by atoms with E-state index in [9.17, 15) is 9.90 Å². The predicted molar refractivity (Wildman–Crippen MR) is 158 cm³/mol. The minimum Gasteiger partial charge on any atom is -0.505 e. The fourth-order valence-electron chi connectivity index (χ4n) is 6.09. The van der Waals surface area contributed by atoms with Gasteiger partial charge in [0.25, 0.3) is 0 Å². The molecule has 3 aromatic carbocycles. The van der Waals surface area contributed by atoms with Crippen LogP contribution in [0.5, 0.6) is 5.75 Å². The summed E-state index contributed by atoms with van der Waals surface area (Å²) >= 11 is 0. The van der Waals surface area contributed by atoms with E-state index in [-0.39, 0.29) is 22.3 Å². The van der Waals surface area contributed by atoms with Gasteiger partial charge in [-0.3, -0.25) is 9.13 Å². The fourth-order valence-corrected chi connectivity index (χ4v) is 6.09. The molecule has 0 bridgehead atoms. The van der Waals surface area contributed by atoms with E-state index in [0.717, 1.165) is 34.1 Å². The number of hydrogen-bond donors (Lipinski definition) is 1. The topological polar surface area (TPSA) is 77.9 Å². The molecule has 0 aliphatic heterocycles. The highest BCUT2D eigenvalue weighted by Gasteiger charge is 2.34. The van der Waals surface area contributed by atoms with Gasteiger partial charge >= 0.3 is 5.69 Å². The maximum Gasteiger partial charge on any atom is 0.328 e. The van der Waals surface area contributed by atoms with E-state index >= 15 is 0 Å². The van der Waals surface area contributed by atoms with Crippen molar-refractivity contribution in [3.8, 4) is 11.4 Å². The Morgan fingerprint density at radius 1 is 0.769 bits per heavy atom. The molecule has 0 fully saturated rings. The molecule has 7 heteroatoms. The molecule has 39 heavy (non-hydrogen) atoms. The Balaban J connectivity index is 1.76. The van der Waals surface area contributed by atoms with Crippen LogP contribution in [0.3, 0.4) is 0 Å². The molecular weight excluding hydrogens is 486 g/mol. The molecule has 2 aromatic heterocycles. The van der Waals surface area contributed by atoms with E-state index in [2.05, 4.69) is 66.7 Å². The van der Waals surface area contributed by atoms with Crippen LogP contribution in [-0.4, -0.2) is 29.2 Å². The van der Waals surface area contributed by atoms with Gasteiger partial charge in [0.1, 0.15) is 22.5 Å². The number of nitrogens with zero attached hydrogens (tertiary/aromatic N) is 5. The van der Waals surface area contributed by atoms with Crippen molar-refractivity contribution in [3.05, 3.63) is 81.8 Å². The quantitative estimate of drug-likeness (QED) is 0.290. The van der Waals surface area contributed by atoms with Crippen molar-refractivity contribution in [2.45, 2.75) is 65.7 Å². The van der Waals surface area contributed by atoms with Gasteiger partial charge in [-0.05, 0) is 46.6 Å². The molecular formula is C32H39N5O2. The third-order valence-electron chi connectivity index (χ3n) is 8.00. The summed E-state index contributed by atoms with van der Waals surface area (Å²) in [6.45, 7) is 15.6. The largest absolute Gasteiger partial charge is 0.505 e. The molecule has 0 aliphatic carbocycles. The summed E-state index contributed by atoms with van der Waals surface area (Å²) in [4.78, 5) is 14.0. The summed E-state index contributed by atoms with van der Waals surface area (Å²) in [5.74, 6) is 0.163. The maximum atomic E-state index is 12.4. The normalized spacial score (nSPS) is 13.1. The summed E-state index contributed by atoms with van der Waals surface area (Å²) in [5, 5.41) is 21.4. The SMILES string of the molecule is Cn1c(=O)n(C)c2cc3nn(-c4cc(C(C)(C)CC(C)(C)C)cc(C(C)(C)c5ccccc5)c4O)nc3cc21. The highest BCUT2D eigenvalue weighted by atomic mass is 16.3. The molecule has 2 heterocycles. The van der Waals surface area contributed by atoms with Gasteiger partial charge in [-0.25, -0.2) is 4.79 Å². The van der Waals surface area contributed by atoms with Crippen molar-refractivity contribution in [1.82, 2.24) is 24.1 Å². The lowest BCUT2D eigenvalue weighted by Gasteiger charge is -2.35. The molecule has 204 valence electrons. The highest BCUT2D eigenvalue weighted by molar-refractivity contribution is 5.91. The van der Waals surface area contributed by atoms with Crippen LogP contribution in [0.4, 0.5) is 0 Å². The van der Waals surface area contributed by atoms with Gasteiger partial charge < -0.3 is 5.11 Å². The molecule has 5 rings (SSSR count). The average molecular weight is 526 g/mol. The van der Waals surface area contributed by atoms with Crippen molar-refractivity contribution in [2.75, 3.05) is 0 Å². The van der Waals surface area contributed by atoms with Crippen LogP contribution in [0.25, 0.3) is 27.8 Å². The monoisotopic (exact) mass is 525 g/mol. The summed E-state index contributed by atoms with van der Waals surface area (Å²) in [5.41, 5.74) is 5.90. The van der Waals surface area contributed by atoms with E-state index in [1.807, 2.05) is 36.4 Å². The number of aromatic nitrogens is 5. The van der Waals surface area contributed by atoms with Gasteiger partial charge in [0.2, 0.25) is 0 Å². The Morgan fingerprint density at radius 3 is 1.82 bits per heavy atom. The second kappa shape index (κ2) is 8.83. The van der Waals surface area contributed by atoms with Crippen LogP contribution < -0.4 is 5.69 Å². The second-order valence-electron chi connectivity index (χ2n) is 13.2. The van der Waals surface area contributed by atoms with Crippen molar-refractivity contribution in [3.63, 3.8) is 0 Å². The molecule has 0 unspecified atom stereocenters. The van der Waals surface area contributed by atoms with Crippen molar-refractivity contribution in [1.29, 1.82) is 0 Å². The number of phenolic OH excluding ortho intramolecular Hbond substituents is 1. The lowest BCUT2D eigenvalue weighted by Crippen LogP contribution is -2.27. The first-order chi connectivity index (χ1) is 18.1. The summed E-state index contributed by atoms with van der Waals surface area (Å²) in [6, 6.07) is 18.2. The first-order valence-electron chi connectivity index (χ1n) is 13.5. The number of benzene rings is 3. The first-order valence-corrected chi connectivity index (χ1v) is 13.5. The third kappa shape index (κ3) is 4.54. The Labute approximate surface area is 229 Å². The van der Waals surface area contributed by atoms with E-state index in [4.69, 9.17) is 10.2 Å². The second-order valence-corrected chi connectivity index (χ2v) is 13.2. The van der Waals surface area contributed by atoms with Crippen LogP contribution in [0.2, 0.25) is 0 Å². The van der Waals surface area contributed by atoms with Crippen molar-refractivity contribution in [2.24, 2.45) is 19.5 Å². The summed E-state index contributed by atoms with van der Waals surface area (Å²) in [6.07, 6.45) is 0.962. The first kappa shape index (κ1) is 26.7. The lowest BCUT2D eigenvalue weighted by atomic mass is 9.70. The van der Waals surface area contributed by atoms with Crippen LogP contribution in [0.15, 0.2) is 59.4 Å². The molecule has 0 saturated heterocycles. The van der Waals surface area contributed by atoms with Crippen LogP contribution in [0.1, 0.15) is 71.6 Å².